The molecule has 0 bridgehead atoms. The molecule has 0 saturated carbocycles. The molecule has 1 heterocycles. The van der Waals surface area contributed by atoms with Gasteiger partial charge in [0.05, 0.1) is 15.6 Å². The normalized spacial score (nSPS) is 10.8. The topological polar surface area (TPSA) is 137 Å². The number of carbonyl (C=O) groups is 2. The van der Waals surface area contributed by atoms with Crippen LogP contribution < -0.4 is 21.1 Å². The van der Waals surface area contributed by atoms with E-state index in [1.165, 1.54) is 48.7 Å². The molecule has 9 nitrogen and oxygen atoms in total. The molecule has 3 rings (SSSR count). The van der Waals surface area contributed by atoms with Gasteiger partial charge in [0, 0.05) is 11.8 Å². The highest BCUT2D eigenvalue weighted by atomic mass is 35.5. The van der Waals surface area contributed by atoms with Crippen LogP contribution in [0, 0.1) is 0 Å². The fraction of sp³-hybridized carbons (Fsp3) is 0. The molecule has 1 aromatic heterocycles. The number of carbonyl (C=O) groups excluding carboxylic acids is 2. The Kier molecular flexibility index (Phi) is 6.19. The fourth-order valence-corrected chi connectivity index (χ4v) is 3.77. The minimum atomic E-state index is -4.02. The van der Waals surface area contributed by atoms with Crippen LogP contribution in [0.1, 0.15) is 20.7 Å². The zero-order valence-electron chi connectivity index (χ0n) is 15.2. The maximum atomic E-state index is 12.6. The molecule has 154 valence electrons. The van der Waals surface area contributed by atoms with E-state index in [0.29, 0.717) is 0 Å². The van der Waals surface area contributed by atoms with E-state index in [9.17, 15) is 22.8 Å². The summed E-state index contributed by atoms with van der Waals surface area (Å²) >= 11 is 5.98. The standard InChI is InChI=1S/C19H15ClN4O5S/c20-15-8-1-2-9-16(15)24-30(28,29)13-6-3-5-12(11-13)17(25)22-23-19(27)14-7-4-10-21-18(14)26/h1-11,24H,(H,21,26)(H,22,25)(H,23,27). The first-order chi connectivity index (χ1) is 14.3. The zero-order chi connectivity index (χ0) is 21.7. The number of para-hydroxylation sites is 1. The second-order valence-corrected chi connectivity index (χ2v) is 8.02. The number of nitrogens with one attached hydrogen (secondary N) is 4. The van der Waals surface area contributed by atoms with Gasteiger partial charge in [-0.15, -0.1) is 0 Å². The summed E-state index contributed by atoms with van der Waals surface area (Å²) in [6.45, 7) is 0. The van der Waals surface area contributed by atoms with Gasteiger partial charge in [0.1, 0.15) is 5.56 Å². The Morgan fingerprint density at radius 3 is 2.37 bits per heavy atom. The van der Waals surface area contributed by atoms with E-state index in [0.717, 1.165) is 6.07 Å². The molecule has 0 unspecified atom stereocenters. The first kappa shape index (κ1) is 21.1. The smallest absolute Gasteiger partial charge is 0.275 e. The predicted octanol–water partition coefficient (Wildman–Crippen LogP) is 1.90. The molecule has 0 radical (unpaired) electrons. The zero-order valence-corrected chi connectivity index (χ0v) is 16.8. The van der Waals surface area contributed by atoms with Gasteiger partial charge in [-0.05, 0) is 42.5 Å². The van der Waals surface area contributed by atoms with Crippen molar-refractivity contribution < 1.29 is 18.0 Å². The van der Waals surface area contributed by atoms with Gasteiger partial charge in [0.15, 0.2) is 0 Å². The van der Waals surface area contributed by atoms with E-state index in [2.05, 4.69) is 20.6 Å². The molecule has 11 heteroatoms. The minimum absolute atomic E-state index is 0.0284. The van der Waals surface area contributed by atoms with Gasteiger partial charge in [-0.1, -0.05) is 29.8 Å². The van der Waals surface area contributed by atoms with Gasteiger partial charge in [-0.25, -0.2) is 8.42 Å². The minimum Gasteiger partial charge on any atom is -0.328 e. The molecule has 0 spiro atoms. The van der Waals surface area contributed by atoms with Crippen molar-refractivity contribution in [3.63, 3.8) is 0 Å². The van der Waals surface area contributed by atoms with Gasteiger partial charge in [0.2, 0.25) is 0 Å². The molecule has 0 fully saturated rings. The third kappa shape index (κ3) is 4.85. The van der Waals surface area contributed by atoms with Crippen molar-refractivity contribution in [3.8, 4) is 0 Å². The van der Waals surface area contributed by atoms with Crippen LogP contribution in [0.2, 0.25) is 5.02 Å². The van der Waals surface area contributed by atoms with Crippen LogP contribution in [-0.4, -0.2) is 25.2 Å². The number of anilines is 1. The predicted molar refractivity (Wildman–Crippen MR) is 111 cm³/mol. The molecule has 4 N–H and O–H groups in total. The Bertz CT molecular complexity index is 1270. The van der Waals surface area contributed by atoms with Crippen molar-refractivity contribution in [2.24, 2.45) is 0 Å². The van der Waals surface area contributed by atoms with E-state index in [1.807, 2.05) is 0 Å². The third-order valence-electron chi connectivity index (χ3n) is 3.88. The molecule has 0 aliphatic carbocycles. The van der Waals surface area contributed by atoms with Crippen molar-refractivity contribution in [3.05, 3.63) is 93.4 Å². The summed E-state index contributed by atoms with van der Waals surface area (Å²) in [5.74, 6) is -1.60. The number of hydrazine groups is 1. The number of pyridine rings is 1. The van der Waals surface area contributed by atoms with Crippen molar-refractivity contribution in [2.45, 2.75) is 4.90 Å². The average Bonchev–Trinajstić information content (AvgIpc) is 2.74. The number of hydrogen-bond donors (Lipinski definition) is 4. The first-order valence-corrected chi connectivity index (χ1v) is 10.3. The number of sulfonamides is 1. The van der Waals surface area contributed by atoms with E-state index < -0.39 is 27.4 Å². The fourth-order valence-electron chi connectivity index (χ4n) is 2.41. The summed E-state index contributed by atoms with van der Waals surface area (Å²) in [6, 6.07) is 14.2. The monoisotopic (exact) mass is 446 g/mol. The number of halogens is 1. The van der Waals surface area contributed by atoms with Gasteiger partial charge < -0.3 is 4.98 Å². The molecule has 3 aromatic rings. The molecule has 2 amide bonds. The maximum absolute atomic E-state index is 12.6. The van der Waals surface area contributed by atoms with Crippen LogP contribution >= 0.6 is 11.6 Å². The highest BCUT2D eigenvalue weighted by Gasteiger charge is 2.18. The number of amides is 2. The highest BCUT2D eigenvalue weighted by molar-refractivity contribution is 7.92. The molecule has 0 aliphatic heterocycles. The number of rotatable bonds is 5. The van der Waals surface area contributed by atoms with Crippen molar-refractivity contribution in [2.75, 3.05) is 4.72 Å². The Balaban J connectivity index is 1.74. The lowest BCUT2D eigenvalue weighted by atomic mass is 10.2. The summed E-state index contributed by atoms with van der Waals surface area (Å²) in [6.07, 6.45) is 1.36. The van der Waals surface area contributed by atoms with Gasteiger partial charge in [0.25, 0.3) is 27.4 Å². The SMILES string of the molecule is O=C(NNC(=O)c1ccc[nH]c1=O)c1cccc(S(=O)(=O)Nc2ccccc2Cl)c1. The third-order valence-corrected chi connectivity index (χ3v) is 5.57. The lowest BCUT2D eigenvalue weighted by Gasteiger charge is -2.11. The summed E-state index contributed by atoms with van der Waals surface area (Å²) in [5, 5.41) is 0.216. The number of aromatic amines is 1. The lowest BCUT2D eigenvalue weighted by Crippen LogP contribution is -2.43. The second kappa shape index (κ2) is 8.80. The maximum Gasteiger partial charge on any atom is 0.275 e. The summed E-state index contributed by atoms with van der Waals surface area (Å²) in [4.78, 5) is 38.1. The lowest BCUT2D eigenvalue weighted by molar-refractivity contribution is 0.0845. The van der Waals surface area contributed by atoms with Crippen LogP contribution in [0.25, 0.3) is 0 Å². The van der Waals surface area contributed by atoms with Crippen LogP contribution in [0.15, 0.2) is 76.6 Å². The molecule has 0 saturated heterocycles. The summed E-state index contributed by atoms with van der Waals surface area (Å²) in [5.41, 5.74) is 3.58. The molecular weight excluding hydrogens is 432 g/mol. The van der Waals surface area contributed by atoms with Gasteiger partial charge in [-0.2, -0.15) is 0 Å². The van der Waals surface area contributed by atoms with Crippen molar-refractivity contribution >= 4 is 39.1 Å². The second-order valence-electron chi connectivity index (χ2n) is 5.93. The average molecular weight is 447 g/mol. The first-order valence-electron chi connectivity index (χ1n) is 8.44. The van der Waals surface area contributed by atoms with Crippen LogP contribution in [0.4, 0.5) is 5.69 Å². The van der Waals surface area contributed by atoms with Gasteiger partial charge in [-0.3, -0.25) is 30.0 Å². The van der Waals surface area contributed by atoms with Gasteiger partial charge >= 0.3 is 0 Å². The van der Waals surface area contributed by atoms with Crippen LogP contribution in [0.3, 0.4) is 0 Å². The molecule has 0 atom stereocenters. The van der Waals surface area contributed by atoms with Crippen LogP contribution in [-0.2, 0) is 10.0 Å². The number of H-pyrrole nitrogens is 1. The summed E-state index contributed by atoms with van der Waals surface area (Å²) < 4.78 is 27.6. The van der Waals surface area contributed by atoms with E-state index in [4.69, 9.17) is 11.6 Å². The Labute approximate surface area is 176 Å². The number of benzene rings is 2. The number of hydrogen-bond acceptors (Lipinski definition) is 5. The molecule has 2 aromatic carbocycles. The van der Waals surface area contributed by atoms with Crippen LogP contribution in [0.5, 0.6) is 0 Å². The quantitative estimate of drug-likeness (QED) is 0.443. The molecule has 30 heavy (non-hydrogen) atoms. The summed E-state index contributed by atoms with van der Waals surface area (Å²) in [7, 11) is -4.02. The Hall–Kier alpha value is -3.63. The highest BCUT2D eigenvalue weighted by Crippen LogP contribution is 2.24. The Morgan fingerprint density at radius 1 is 0.900 bits per heavy atom. The number of aromatic nitrogens is 1. The van der Waals surface area contributed by atoms with E-state index >= 15 is 0 Å². The largest absolute Gasteiger partial charge is 0.328 e. The van der Waals surface area contributed by atoms with E-state index in [-0.39, 0.29) is 26.7 Å². The van der Waals surface area contributed by atoms with E-state index in [1.54, 1.807) is 12.1 Å². The van der Waals surface area contributed by atoms with Crippen molar-refractivity contribution in [1.82, 2.24) is 15.8 Å². The molecular formula is C19H15ClN4O5S. The van der Waals surface area contributed by atoms with Crippen molar-refractivity contribution in [1.29, 1.82) is 0 Å². The Morgan fingerprint density at radius 2 is 1.63 bits per heavy atom. The molecule has 0 aliphatic rings.